The number of nitrogens with zero attached hydrogens (tertiary/aromatic N) is 4. The minimum Gasteiger partial charge on any atom is -0.355 e. The van der Waals surface area contributed by atoms with Gasteiger partial charge in [0.2, 0.25) is 5.91 Å². The fourth-order valence-corrected chi connectivity index (χ4v) is 3.78. The van der Waals surface area contributed by atoms with Crippen LogP contribution >= 0.6 is 0 Å². The van der Waals surface area contributed by atoms with E-state index in [0.29, 0.717) is 24.4 Å². The molecular formula is C20H25N5O. The van der Waals surface area contributed by atoms with Crippen molar-refractivity contribution in [1.82, 2.24) is 19.8 Å². The summed E-state index contributed by atoms with van der Waals surface area (Å²) in [6.45, 7) is 1.72. The molecule has 1 aliphatic heterocycles. The van der Waals surface area contributed by atoms with Gasteiger partial charge in [0.25, 0.3) is 0 Å². The number of carbonyl (C=O) groups is 1. The number of benzene rings is 1. The second kappa shape index (κ2) is 8.15. The number of nitrogens with one attached hydrogen (secondary N) is 1. The number of rotatable bonds is 5. The smallest absolute Gasteiger partial charge is 0.224 e. The van der Waals surface area contributed by atoms with Crippen molar-refractivity contribution < 1.29 is 4.79 Å². The third kappa shape index (κ3) is 4.12. The molecule has 0 spiro atoms. The van der Waals surface area contributed by atoms with Gasteiger partial charge in [0.15, 0.2) is 0 Å². The van der Waals surface area contributed by atoms with Crippen molar-refractivity contribution in [3.63, 3.8) is 0 Å². The van der Waals surface area contributed by atoms with Crippen molar-refractivity contribution in [1.29, 1.82) is 5.26 Å². The monoisotopic (exact) mass is 351 g/mol. The first kappa shape index (κ1) is 18.2. The lowest BCUT2D eigenvalue weighted by Crippen LogP contribution is -2.42. The van der Waals surface area contributed by atoms with E-state index in [1.807, 2.05) is 31.7 Å². The molecular weight excluding hydrogens is 326 g/mol. The van der Waals surface area contributed by atoms with Gasteiger partial charge < -0.3 is 9.88 Å². The van der Waals surface area contributed by atoms with Crippen molar-refractivity contribution in [3.05, 3.63) is 53.6 Å². The van der Waals surface area contributed by atoms with E-state index in [9.17, 15) is 4.79 Å². The van der Waals surface area contributed by atoms with Crippen LogP contribution in [0.25, 0.3) is 0 Å². The Morgan fingerprint density at radius 2 is 2.12 bits per heavy atom. The molecule has 6 heteroatoms. The Morgan fingerprint density at radius 1 is 1.35 bits per heavy atom. The summed E-state index contributed by atoms with van der Waals surface area (Å²) in [4.78, 5) is 19.0. The first-order valence-electron chi connectivity index (χ1n) is 9.00. The summed E-state index contributed by atoms with van der Waals surface area (Å²) in [7, 11) is 4.16. The molecule has 1 N–H and O–H groups in total. The number of carbonyl (C=O) groups excluding carboxylic acids is 1. The normalized spacial score (nSPS) is 20.5. The highest BCUT2D eigenvalue weighted by molar-refractivity contribution is 5.78. The number of nitriles is 1. The molecule has 136 valence electrons. The van der Waals surface area contributed by atoms with E-state index in [1.165, 1.54) is 5.69 Å². The number of aryl methyl sites for hydroxylation is 1. The van der Waals surface area contributed by atoms with Crippen molar-refractivity contribution in [3.8, 4) is 6.07 Å². The predicted octanol–water partition coefficient (Wildman–Crippen LogP) is 2.03. The first-order chi connectivity index (χ1) is 12.6. The highest BCUT2D eigenvalue weighted by atomic mass is 16.1. The second-order valence-electron chi connectivity index (χ2n) is 7.05. The van der Waals surface area contributed by atoms with Crippen LogP contribution in [0.15, 0.2) is 36.8 Å². The zero-order valence-electron chi connectivity index (χ0n) is 15.4. The van der Waals surface area contributed by atoms with Gasteiger partial charge in [-0.2, -0.15) is 5.26 Å². The fourth-order valence-electron chi connectivity index (χ4n) is 3.78. The molecule has 0 saturated carbocycles. The van der Waals surface area contributed by atoms with E-state index in [4.69, 9.17) is 5.26 Å². The van der Waals surface area contributed by atoms with Crippen LogP contribution < -0.4 is 5.32 Å². The van der Waals surface area contributed by atoms with Crippen LogP contribution in [-0.2, 0) is 18.3 Å². The van der Waals surface area contributed by atoms with E-state index in [0.717, 1.165) is 24.9 Å². The molecule has 3 rings (SSSR count). The standard InChI is InChI=1S/C20H25N5O/c1-24-9-3-4-17(20(24)18-13-22-14-25(18)2)12-23-19(26)10-15-5-7-16(11-21)8-6-15/h5-8,13-14,17,20H,3-4,9-10,12H2,1-2H3,(H,23,26)/t17-,20+/m0/s1. The molecule has 2 atom stereocenters. The van der Waals surface area contributed by atoms with Crippen LogP contribution in [-0.4, -0.2) is 40.5 Å². The molecule has 26 heavy (non-hydrogen) atoms. The molecule has 1 saturated heterocycles. The van der Waals surface area contributed by atoms with Crippen molar-refractivity contribution in [2.24, 2.45) is 13.0 Å². The number of imidazole rings is 1. The Bertz CT molecular complexity index is 789. The Labute approximate surface area is 154 Å². The third-order valence-corrected chi connectivity index (χ3v) is 5.17. The van der Waals surface area contributed by atoms with Crippen LogP contribution in [0.1, 0.15) is 35.7 Å². The highest BCUT2D eigenvalue weighted by Crippen LogP contribution is 2.34. The van der Waals surface area contributed by atoms with Gasteiger partial charge in [-0.1, -0.05) is 12.1 Å². The molecule has 2 aromatic rings. The van der Waals surface area contributed by atoms with E-state index in [2.05, 4.69) is 32.9 Å². The molecule has 1 fully saturated rings. The predicted molar refractivity (Wildman–Crippen MR) is 99.2 cm³/mol. The highest BCUT2D eigenvalue weighted by Gasteiger charge is 2.32. The van der Waals surface area contributed by atoms with Crippen molar-refractivity contribution >= 4 is 5.91 Å². The quantitative estimate of drug-likeness (QED) is 0.894. The van der Waals surface area contributed by atoms with Gasteiger partial charge >= 0.3 is 0 Å². The summed E-state index contributed by atoms with van der Waals surface area (Å²) in [6, 6.07) is 9.53. The number of amides is 1. The molecule has 0 bridgehead atoms. The summed E-state index contributed by atoms with van der Waals surface area (Å²) >= 11 is 0. The van der Waals surface area contributed by atoms with Gasteiger partial charge in [0, 0.05) is 19.8 Å². The fraction of sp³-hybridized carbons (Fsp3) is 0.450. The number of hydrogen-bond acceptors (Lipinski definition) is 4. The van der Waals surface area contributed by atoms with E-state index >= 15 is 0 Å². The number of likely N-dealkylation sites (tertiary alicyclic amines) is 1. The van der Waals surface area contributed by atoms with Gasteiger partial charge in [-0.05, 0) is 50.0 Å². The Balaban J connectivity index is 1.60. The molecule has 0 radical (unpaired) electrons. The van der Waals surface area contributed by atoms with Crippen LogP contribution in [0, 0.1) is 17.2 Å². The van der Waals surface area contributed by atoms with Crippen molar-refractivity contribution in [2.75, 3.05) is 20.1 Å². The maximum atomic E-state index is 12.3. The van der Waals surface area contributed by atoms with E-state index in [-0.39, 0.29) is 11.9 Å². The Kier molecular flexibility index (Phi) is 5.69. The summed E-state index contributed by atoms with van der Waals surface area (Å²) in [6.07, 6.45) is 6.33. The molecule has 1 aliphatic rings. The topological polar surface area (TPSA) is 74.0 Å². The molecule has 0 aliphatic carbocycles. The summed E-state index contributed by atoms with van der Waals surface area (Å²) in [5.74, 6) is 0.390. The maximum absolute atomic E-state index is 12.3. The average molecular weight is 351 g/mol. The largest absolute Gasteiger partial charge is 0.355 e. The second-order valence-corrected chi connectivity index (χ2v) is 7.05. The lowest BCUT2D eigenvalue weighted by molar-refractivity contribution is -0.120. The van der Waals surface area contributed by atoms with E-state index in [1.54, 1.807) is 12.1 Å². The molecule has 2 heterocycles. The number of aromatic nitrogens is 2. The molecule has 1 aromatic carbocycles. The van der Waals surface area contributed by atoms with Gasteiger partial charge in [-0.25, -0.2) is 4.98 Å². The number of hydrogen-bond donors (Lipinski definition) is 1. The Hall–Kier alpha value is -2.65. The molecule has 0 unspecified atom stereocenters. The maximum Gasteiger partial charge on any atom is 0.224 e. The van der Waals surface area contributed by atoms with Crippen LogP contribution in [0.5, 0.6) is 0 Å². The van der Waals surface area contributed by atoms with Gasteiger partial charge in [0.1, 0.15) is 0 Å². The van der Waals surface area contributed by atoms with Gasteiger partial charge in [-0.15, -0.1) is 0 Å². The zero-order chi connectivity index (χ0) is 18.5. The summed E-state index contributed by atoms with van der Waals surface area (Å²) in [5.41, 5.74) is 2.72. The average Bonchev–Trinajstić information content (AvgIpc) is 3.06. The minimum absolute atomic E-state index is 0.0201. The molecule has 6 nitrogen and oxygen atoms in total. The third-order valence-electron chi connectivity index (χ3n) is 5.17. The van der Waals surface area contributed by atoms with Crippen LogP contribution in [0.3, 0.4) is 0 Å². The summed E-state index contributed by atoms with van der Waals surface area (Å²) < 4.78 is 2.07. The van der Waals surface area contributed by atoms with Crippen LogP contribution in [0.2, 0.25) is 0 Å². The molecule has 1 aromatic heterocycles. The van der Waals surface area contributed by atoms with Gasteiger partial charge in [0.05, 0.1) is 36.1 Å². The van der Waals surface area contributed by atoms with Crippen molar-refractivity contribution in [2.45, 2.75) is 25.3 Å². The lowest BCUT2D eigenvalue weighted by atomic mass is 9.87. The summed E-state index contributed by atoms with van der Waals surface area (Å²) in [5, 5.41) is 11.9. The number of piperidine rings is 1. The first-order valence-corrected chi connectivity index (χ1v) is 9.00. The van der Waals surface area contributed by atoms with E-state index < -0.39 is 0 Å². The molecule has 1 amide bonds. The lowest BCUT2D eigenvalue weighted by Gasteiger charge is -2.39. The zero-order valence-corrected chi connectivity index (χ0v) is 15.4. The minimum atomic E-state index is 0.0201. The SMILES string of the molecule is CN1CCC[C@@H](CNC(=O)Cc2ccc(C#N)cc2)[C@@H]1c1cncn1C. The van der Waals surface area contributed by atoms with Crippen LogP contribution in [0.4, 0.5) is 0 Å². The Morgan fingerprint density at radius 3 is 2.77 bits per heavy atom. The van der Waals surface area contributed by atoms with Gasteiger partial charge in [-0.3, -0.25) is 9.69 Å².